The molecule has 2 fully saturated rings. The van der Waals surface area contributed by atoms with Crippen LogP contribution in [0.25, 0.3) is 11.3 Å². The molecule has 2 atom stereocenters. The van der Waals surface area contributed by atoms with Crippen LogP contribution in [-0.4, -0.2) is 90.3 Å². The smallest absolute Gasteiger partial charge is 0.239 e. The molecule has 5 rings (SSSR count). The van der Waals surface area contributed by atoms with Crippen LogP contribution in [0.15, 0.2) is 47.6 Å². The second-order valence-corrected chi connectivity index (χ2v) is 19.4. The van der Waals surface area contributed by atoms with E-state index in [9.17, 15) is 9.18 Å². The van der Waals surface area contributed by atoms with E-state index in [2.05, 4.69) is 76.5 Å². The summed E-state index contributed by atoms with van der Waals surface area (Å²) >= 11 is 7.68. The van der Waals surface area contributed by atoms with Gasteiger partial charge >= 0.3 is 0 Å². The Hall–Kier alpha value is -2.61. The number of carbonyl (C=O) groups excluding carboxylic acids is 1. The van der Waals surface area contributed by atoms with Gasteiger partial charge in [0, 0.05) is 66.1 Å². The minimum atomic E-state index is -1.89. The number of nitrogens with one attached hydrogen (secondary N) is 2. The van der Waals surface area contributed by atoms with Gasteiger partial charge in [0.05, 0.1) is 17.9 Å². The largest absolute Gasteiger partial charge is 0.416 e. The summed E-state index contributed by atoms with van der Waals surface area (Å²) < 4.78 is 21.1. The number of pyridine rings is 1. The van der Waals surface area contributed by atoms with E-state index in [1.807, 2.05) is 0 Å². The number of hydrogen-bond donors (Lipinski definition) is 2. The van der Waals surface area contributed by atoms with E-state index in [4.69, 9.17) is 16.0 Å². The van der Waals surface area contributed by atoms with Crippen molar-refractivity contribution in [1.82, 2.24) is 25.0 Å². The maximum absolute atomic E-state index is 14.7. The van der Waals surface area contributed by atoms with Crippen molar-refractivity contribution in [2.24, 2.45) is 0 Å². The van der Waals surface area contributed by atoms with E-state index < -0.39 is 14.1 Å². The van der Waals surface area contributed by atoms with Gasteiger partial charge in [0.1, 0.15) is 16.7 Å². The topological polar surface area (TPSA) is 95.5 Å². The van der Waals surface area contributed by atoms with Gasteiger partial charge < -0.3 is 20.0 Å². The number of thioether (sulfide) groups is 1. The highest BCUT2D eigenvalue weighted by atomic mass is 35.5. The zero-order valence-electron chi connectivity index (χ0n) is 26.2. The molecule has 236 valence electrons. The van der Waals surface area contributed by atoms with Crippen LogP contribution < -0.4 is 10.6 Å². The van der Waals surface area contributed by atoms with Gasteiger partial charge in [0.2, 0.25) is 5.91 Å². The minimum Gasteiger partial charge on any atom is -0.416 e. The molecule has 1 aromatic carbocycles. The lowest BCUT2D eigenvalue weighted by Gasteiger charge is -2.36. The fourth-order valence-corrected chi connectivity index (χ4v) is 7.38. The molecule has 0 radical (unpaired) electrons. The van der Waals surface area contributed by atoms with Crippen molar-refractivity contribution in [3.8, 4) is 11.3 Å². The summed E-state index contributed by atoms with van der Waals surface area (Å²) in [5.74, 6) is 0.588. The van der Waals surface area contributed by atoms with Gasteiger partial charge in [-0.15, -0.1) is 22.0 Å². The third kappa shape index (κ3) is 7.78. The number of likely N-dealkylation sites (N-methyl/N-ethyl adjacent to an activating group) is 1. The van der Waals surface area contributed by atoms with Crippen LogP contribution in [-0.2, 0) is 9.22 Å². The molecule has 2 unspecified atom stereocenters. The summed E-state index contributed by atoms with van der Waals surface area (Å²) in [5, 5.41) is 16.3. The molecule has 4 heterocycles. The van der Waals surface area contributed by atoms with E-state index in [-0.39, 0.29) is 16.5 Å². The maximum atomic E-state index is 14.7. The number of hydrogen-bond acceptors (Lipinski definition) is 9. The van der Waals surface area contributed by atoms with Crippen LogP contribution in [0.4, 0.5) is 21.6 Å². The average molecular weight is 658 g/mol. The molecule has 0 aliphatic carbocycles. The quantitative estimate of drug-likeness (QED) is 0.136. The highest BCUT2D eigenvalue weighted by Gasteiger charge is 2.41. The van der Waals surface area contributed by atoms with Crippen LogP contribution in [0.1, 0.15) is 27.2 Å². The molecule has 2 aliphatic rings. The number of amides is 1. The first-order valence-corrected chi connectivity index (χ1v) is 19.1. The lowest BCUT2D eigenvalue weighted by atomic mass is 10.1. The Morgan fingerprint density at radius 1 is 1.16 bits per heavy atom. The summed E-state index contributed by atoms with van der Waals surface area (Å²) in [4.78, 5) is 21.9. The van der Waals surface area contributed by atoms with Crippen molar-refractivity contribution in [3.05, 3.63) is 53.4 Å². The molecule has 0 spiro atoms. The Kier molecular flexibility index (Phi) is 9.98. The van der Waals surface area contributed by atoms with Crippen molar-refractivity contribution in [2.75, 3.05) is 49.7 Å². The van der Waals surface area contributed by atoms with Gasteiger partial charge in [0.15, 0.2) is 8.32 Å². The van der Waals surface area contributed by atoms with E-state index in [0.29, 0.717) is 63.9 Å². The number of fused-ring (bicyclic) bond motifs is 2. The highest BCUT2D eigenvalue weighted by Crippen LogP contribution is 2.37. The maximum Gasteiger partial charge on any atom is 0.239 e. The predicted molar refractivity (Wildman–Crippen MR) is 179 cm³/mol. The van der Waals surface area contributed by atoms with Crippen molar-refractivity contribution < 1.29 is 13.6 Å². The molecule has 9 nitrogen and oxygen atoms in total. The molecule has 1 amide bonds. The van der Waals surface area contributed by atoms with Crippen molar-refractivity contribution >= 4 is 54.8 Å². The Labute approximate surface area is 269 Å². The lowest BCUT2D eigenvalue weighted by molar-refractivity contribution is -0.117. The van der Waals surface area contributed by atoms with Crippen molar-refractivity contribution in [1.29, 1.82) is 0 Å². The normalized spacial score (nSPS) is 19.0. The Bertz CT molecular complexity index is 1510. The van der Waals surface area contributed by atoms with Crippen LogP contribution in [0.3, 0.4) is 0 Å². The zero-order valence-corrected chi connectivity index (χ0v) is 28.7. The second-order valence-electron chi connectivity index (χ2n) is 13.0. The molecule has 2 aromatic heterocycles. The Morgan fingerprint density at radius 2 is 1.95 bits per heavy atom. The fourth-order valence-electron chi connectivity index (χ4n) is 5.29. The summed E-state index contributed by atoms with van der Waals surface area (Å²) in [6.45, 7) is 13.9. The van der Waals surface area contributed by atoms with Gasteiger partial charge in [-0.05, 0) is 61.9 Å². The summed E-state index contributed by atoms with van der Waals surface area (Å²) in [5.41, 5.74) is 1.95. The minimum absolute atomic E-state index is 0.0906. The third-order valence-corrected chi connectivity index (χ3v) is 14.6. The monoisotopic (exact) mass is 657 g/mol. The third-order valence-electron chi connectivity index (χ3n) is 8.84. The van der Waals surface area contributed by atoms with E-state index in [1.54, 1.807) is 24.4 Å². The molecular weight excluding hydrogens is 617 g/mol. The molecule has 2 saturated heterocycles. The molecule has 2 bridgehead atoms. The van der Waals surface area contributed by atoms with Crippen LogP contribution in [0, 0.1) is 5.82 Å². The molecule has 2 aliphatic heterocycles. The van der Waals surface area contributed by atoms with Gasteiger partial charge in [-0.2, -0.15) is 0 Å². The van der Waals surface area contributed by atoms with E-state index >= 15 is 0 Å². The zero-order chi connectivity index (χ0) is 31.6. The van der Waals surface area contributed by atoms with Crippen LogP contribution in [0.2, 0.25) is 23.2 Å². The van der Waals surface area contributed by atoms with Gasteiger partial charge in [-0.1, -0.05) is 32.4 Å². The van der Waals surface area contributed by atoms with Crippen LogP contribution in [0.5, 0.6) is 0 Å². The molecule has 3 aromatic rings. The number of halogens is 2. The Balaban J connectivity index is 1.31. The first-order chi connectivity index (χ1) is 20.8. The SMILES string of the molecule is CN1CC2CC1CN2CC(=O)Nc1cc(Nc2cc(-c3cc(Cl)ccc3F)nnc2SCCO[Si](C)(C)C(C)(C)C)ccn1. The van der Waals surface area contributed by atoms with Gasteiger partial charge in [-0.25, -0.2) is 9.37 Å². The van der Waals surface area contributed by atoms with E-state index in [0.717, 1.165) is 19.5 Å². The summed E-state index contributed by atoms with van der Waals surface area (Å²) in [7, 11) is 0.256. The number of likely N-dealkylation sites (tertiary alicyclic amines) is 2. The standard InChI is InChI=1S/C31H41ClFN7O2SSi/c1-31(2,3)44(5,6)42-11-12-43-30-27(16-26(37-38-30)24-13-20(32)7-8-25(24)33)35-21-9-10-34-28(14-21)36-29(41)19-40-18-22-15-23(40)17-39(22)4/h7-10,13-14,16,22-23H,11-12,15,17-19H2,1-6H3,(H2,34,35,36,37,41). The predicted octanol–water partition coefficient (Wildman–Crippen LogP) is 6.52. The summed E-state index contributed by atoms with van der Waals surface area (Å²) in [6, 6.07) is 10.7. The number of rotatable bonds is 11. The molecule has 44 heavy (non-hydrogen) atoms. The van der Waals surface area contributed by atoms with Gasteiger partial charge in [0.25, 0.3) is 0 Å². The number of nitrogens with zero attached hydrogens (tertiary/aromatic N) is 5. The molecule has 2 N–H and O–H groups in total. The second kappa shape index (κ2) is 13.4. The average Bonchev–Trinajstić information content (AvgIpc) is 3.51. The molecular formula is C31H41ClFN7O2SSi. The number of anilines is 3. The molecule has 0 saturated carbocycles. The van der Waals surface area contributed by atoms with Crippen molar-refractivity contribution in [2.45, 2.75) is 62.4 Å². The fraction of sp³-hybridized carbons (Fsp3) is 0.484. The van der Waals surface area contributed by atoms with Gasteiger partial charge in [-0.3, -0.25) is 9.69 Å². The van der Waals surface area contributed by atoms with Crippen LogP contribution >= 0.6 is 23.4 Å². The first kappa shape index (κ1) is 32.8. The first-order valence-electron chi connectivity index (χ1n) is 14.9. The Morgan fingerprint density at radius 3 is 2.66 bits per heavy atom. The van der Waals surface area contributed by atoms with Crippen molar-refractivity contribution in [3.63, 3.8) is 0 Å². The number of carbonyl (C=O) groups is 1. The lowest BCUT2D eigenvalue weighted by Crippen LogP contribution is -2.47. The number of piperazine rings is 1. The number of benzene rings is 1. The number of aromatic nitrogens is 3. The summed E-state index contributed by atoms with van der Waals surface area (Å²) in [6.07, 6.45) is 2.75. The molecule has 13 heteroatoms. The van der Waals surface area contributed by atoms with E-state index in [1.165, 1.54) is 30.0 Å². The highest BCUT2D eigenvalue weighted by molar-refractivity contribution is 7.99.